The number of hydrogen-bond acceptors (Lipinski definition) is 4. The molecule has 3 heterocycles. The van der Waals surface area contributed by atoms with E-state index in [1.54, 1.807) is 7.05 Å². The van der Waals surface area contributed by atoms with E-state index in [1.165, 1.54) is 17.7 Å². The van der Waals surface area contributed by atoms with Crippen LogP contribution in [0.3, 0.4) is 0 Å². The molecule has 0 unspecified atom stereocenters. The molecule has 8 heteroatoms. The highest BCUT2D eigenvalue weighted by Gasteiger charge is 2.24. The maximum absolute atomic E-state index is 12.8. The van der Waals surface area contributed by atoms with Gasteiger partial charge >= 0.3 is 5.69 Å². The summed E-state index contributed by atoms with van der Waals surface area (Å²) in [4.78, 5) is 43.9. The number of carbonyl (C=O) groups is 1. The number of hydrogen-bond donors (Lipinski definition) is 1. The van der Waals surface area contributed by atoms with Gasteiger partial charge in [-0.05, 0) is 11.6 Å². The first kappa shape index (κ1) is 18.1. The molecule has 4 rings (SSSR count). The Kier molecular flexibility index (Phi) is 4.54. The quantitative estimate of drug-likeness (QED) is 0.714. The van der Waals surface area contributed by atoms with Crippen LogP contribution >= 0.6 is 0 Å². The zero-order valence-corrected chi connectivity index (χ0v) is 16.0. The molecule has 1 aliphatic heterocycles. The van der Waals surface area contributed by atoms with Crippen molar-refractivity contribution in [3.8, 4) is 0 Å². The average Bonchev–Trinajstić information content (AvgIpc) is 3.12. The summed E-state index contributed by atoms with van der Waals surface area (Å²) in [6, 6.07) is 9.43. The molecule has 0 saturated carbocycles. The topological polar surface area (TPSA) is 83.3 Å². The van der Waals surface area contributed by atoms with Gasteiger partial charge in [0.25, 0.3) is 5.56 Å². The molecule has 2 aromatic heterocycles. The molecule has 0 spiro atoms. The lowest BCUT2D eigenvalue weighted by Gasteiger charge is -2.36. The molecule has 0 radical (unpaired) electrons. The fourth-order valence-corrected chi connectivity index (χ4v) is 3.76. The van der Waals surface area contributed by atoms with E-state index in [0.29, 0.717) is 38.4 Å². The van der Waals surface area contributed by atoms with E-state index in [4.69, 9.17) is 0 Å². The average molecular weight is 381 g/mol. The SMILES string of the molecule is Cn1c(N2CCN(C(=O)Cc3c[nH]c4ccccc34)CC2)cc(=O)n(C)c1=O. The van der Waals surface area contributed by atoms with Crippen LogP contribution < -0.4 is 16.1 Å². The monoisotopic (exact) mass is 381 g/mol. The number of nitrogens with zero attached hydrogens (tertiary/aromatic N) is 4. The second kappa shape index (κ2) is 7.03. The predicted molar refractivity (Wildman–Crippen MR) is 108 cm³/mol. The Morgan fingerprint density at radius 3 is 2.50 bits per heavy atom. The zero-order chi connectivity index (χ0) is 19.8. The number of rotatable bonds is 3. The number of para-hydroxylation sites is 1. The van der Waals surface area contributed by atoms with Crippen LogP contribution in [0.5, 0.6) is 0 Å². The van der Waals surface area contributed by atoms with Crippen molar-refractivity contribution in [3.63, 3.8) is 0 Å². The third-order valence-electron chi connectivity index (χ3n) is 5.47. The summed E-state index contributed by atoms with van der Waals surface area (Å²) >= 11 is 0. The van der Waals surface area contributed by atoms with Crippen molar-refractivity contribution >= 4 is 22.6 Å². The van der Waals surface area contributed by atoms with Crippen molar-refractivity contribution in [1.82, 2.24) is 19.0 Å². The summed E-state index contributed by atoms with van der Waals surface area (Å²) in [5, 5.41) is 1.07. The van der Waals surface area contributed by atoms with Gasteiger partial charge in [-0.15, -0.1) is 0 Å². The lowest BCUT2D eigenvalue weighted by Crippen LogP contribution is -2.51. The van der Waals surface area contributed by atoms with Crippen molar-refractivity contribution in [3.05, 3.63) is 62.9 Å². The van der Waals surface area contributed by atoms with Gasteiger partial charge in [0.1, 0.15) is 5.82 Å². The van der Waals surface area contributed by atoms with E-state index < -0.39 is 0 Å². The molecule has 1 amide bonds. The van der Waals surface area contributed by atoms with Gasteiger partial charge in [-0.25, -0.2) is 4.79 Å². The van der Waals surface area contributed by atoms with E-state index in [9.17, 15) is 14.4 Å². The van der Waals surface area contributed by atoms with Gasteiger partial charge in [-0.3, -0.25) is 18.7 Å². The van der Waals surface area contributed by atoms with Crippen LogP contribution in [0, 0.1) is 0 Å². The van der Waals surface area contributed by atoms with Crippen LogP contribution in [0.25, 0.3) is 10.9 Å². The molecule has 0 atom stereocenters. The molecule has 3 aromatic rings. The minimum atomic E-state index is -0.347. The number of aromatic nitrogens is 3. The molecule has 1 aliphatic rings. The molecule has 1 N–H and O–H groups in total. The highest BCUT2D eigenvalue weighted by Crippen LogP contribution is 2.19. The van der Waals surface area contributed by atoms with Crippen molar-refractivity contribution in [2.24, 2.45) is 14.1 Å². The Balaban J connectivity index is 1.45. The first-order valence-electron chi connectivity index (χ1n) is 9.30. The zero-order valence-electron chi connectivity index (χ0n) is 16.0. The van der Waals surface area contributed by atoms with Crippen LogP contribution in [-0.4, -0.2) is 51.1 Å². The standard InChI is InChI=1S/C20H23N5O3/c1-22-17(12-18(26)23(2)20(22)28)24-7-9-25(10-8-24)19(27)11-14-13-21-16-6-4-3-5-15(14)16/h3-6,12-13,21H,7-11H2,1-2H3. The first-order valence-corrected chi connectivity index (χ1v) is 9.30. The number of fused-ring (bicyclic) bond motifs is 1. The Labute approximate surface area is 161 Å². The maximum atomic E-state index is 12.8. The number of nitrogens with one attached hydrogen (secondary N) is 1. The maximum Gasteiger partial charge on any atom is 0.332 e. The predicted octanol–water partition coefficient (Wildman–Crippen LogP) is 0.457. The van der Waals surface area contributed by atoms with Crippen molar-refractivity contribution in [1.29, 1.82) is 0 Å². The summed E-state index contributed by atoms with van der Waals surface area (Å²) in [5.74, 6) is 0.680. The van der Waals surface area contributed by atoms with E-state index in [1.807, 2.05) is 40.3 Å². The van der Waals surface area contributed by atoms with Gasteiger partial charge in [-0.1, -0.05) is 18.2 Å². The number of aromatic amines is 1. The molecular weight excluding hydrogens is 358 g/mol. The number of benzene rings is 1. The van der Waals surface area contributed by atoms with Gasteiger partial charge in [0.2, 0.25) is 5.91 Å². The Hall–Kier alpha value is -3.29. The molecule has 1 saturated heterocycles. The highest BCUT2D eigenvalue weighted by atomic mass is 16.2. The lowest BCUT2D eigenvalue weighted by molar-refractivity contribution is -0.130. The van der Waals surface area contributed by atoms with Crippen molar-refractivity contribution in [2.45, 2.75) is 6.42 Å². The molecule has 1 fully saturated rings. The lowest BCUT2D eigenvalue weighted by atomic mass is 10.1. The van der Waals surface area contributed by atoms with Gasteiger partial charge < -0.3 is 14.8 Å². The van der Waals surface area contributed by atoms with Crippen LogP contribution in [0.2, 0.25) is 0 Å². The minimum Gasteiger partial charge on any atom is -0.361 e. The summed E-state index contributed by atoms with van der Waals surface area (Å²) in [6.07, 6.45) is 2.25. The molecule has 1 aromatic carbocycles. The van der Waals surface area contributed by atoms with Crippen LogP contribution in [0.1, 0.15) is 5.56 Å². The molecule has 0 aliphatic carbocycles. The number of carbonyl (C=O) groups excluding carboxylic acids is 1. The van der Waals surface area contributed by atoms with Gasteiger partial charge in [-0.2, -0.15) is 0 Å². The minimum absolute atomic E-state index is 0.0854. The van der Waals surface area contributed by atoms with Crippen LogP contribution in [-0.2, 0) is 25.3 Å². The second-order valence-electron chi connectivity index (χ2n) is 7.15. The summed E-state index contributed by atoms with van der Waals surface area (Å²) in [7, 11) is 3.13. The highest BCUT2D eigenvalue weighted by molar-refractivity contribution is 5.89. The Morgan fingerprint density at radius 1 is 1.04 bits per heavy atom. The van der Waals surface area contributed by atoms with Gasteiger partial charge in [0, 0.05) is 63.4 Å². The number of H-pyrrole nitrogens is 1. The van der Waals surface area contributed by atoms with Crippen molar-refractivity contribution < 1.29 is 4.79 Å². The number of amides is 1. The van der Waals surface area contributed by atoms with Gasteiger partial charge in [0.15, 0.2) is 0 Å². The Bertz CT molecular complexity index is 1150. The summed E-state index contributed by atoms with van der Waals surface area (Å²) < 4.78 is 2.56. The fourth-order valence-electron chi connectivity index (χ4n) is 3.76. The van der Waals surface area contributed by atoms with E-state index >= 15 is 0 Å². The third-order valence-corrected chi connectivity index (χ3v) is 5.47. The summed E-state index contributed by atoms with van der Waals surface area (Å²) in [5.41, 5.74) is 1.36. The molecular formula is C20H23N5O3. The molecule has 0 bridgehead atoms. The van der Waals surface area contributed by atoms with Crippen molar-refractivity contribution in [2.75, 3.05) is 31.1 Å². The second-order valence-corrected chi connectivity index (χ2v) is 7.15. The summed E-state index contributed by atoms with van der Waals surface area (Å²) in [6.45, 7) is 2.29. The molecule has 28 heavy (non-hydrogen) atoms. The number of piperazine rings is 1. The first-order chi connectivity index (χ1) is 13.5. The van der Waals surface area contributed by atoms with E-state index in [0.717, 1.165) is 21.0 Å². The fraction of sp³-hybridized carbons (Fsp3) is 0.350. The van der Waals surface area contributed by atoms with E-state index in [-0.39, 0.29) is 17.2 Å². The largest absolute Gasteiger partial charge is 0.361 e. The van der Waals surface area contributed by atoms with Gasteiger partial charge in [0.05, 0.1) is 6.42 Å². The Morgan fingerprint density at radius 2 is 1.75 bits per heavy atom. The van der Waals surface area contributed by atoms with Crippen LogP contribution in [0.4, 0.5) is 5.82 Å². The van der Waals surface area contributed by atoms with Crippen LogP contribution in [0.15, 0.2) is 46.1 Å². The smallest absolute Gasteiger partial charge is 0.332 e. The normalized spacial score (nSPS) is 14.6. The van der Waals surface area contributed by atoms with E-state index in [2.05, 4.69) is 4.98 Å². The number of anilines is 1. The molecule has 146 valence electrons. The molecule has 8 nitrogen and oxygen atoms in total. The third kappa shape index (κ3) is 3.11.